The summed E-state index contributed by atoms with van der Waals surface area (Å²) < 4.78 is 1.86. The summed E-state index contributed by atoms with van der Waals surface area (Å²) >= 11 is 0. The molecule has 156 valence electrons. The molecular formula is C24H23N5O2. The van der Waals surface area contributed by atoms with Crippen LogP contribution in [0.15, 0.2) is 61.4 Å². The van der Waals surface area contributed by atoms with Crippen LogP contribution >= 0.6 is 0 Å². The first kappa shape index (κ1) is 20.5. The average molecular weight is 413 g/mol. The summed E-state index contributed by atoms with van der Waals surface area (Å²) in [5.41, 5.74) is 3.62. The van der Waals surface area contributed by atoms with Crippen molar-refractivity contribution >= 4 is 5.91 Å². The number of aromatic nitrogens is 3. The first-order chi connectivity index (χ1) is 14.8. The van der Waals surface area contributed by atoms with Crippen LogP contribution in [0.4, 0.5) is 0 Å². The SMILES string of the molecule is C=CC(=O)N1Cc2c(-c3ccncc3)c(-c3cccc(C#N)c3)nn2CC1C(C)(C)O. The molecule has 0 radical (unpaired) electrons. The number of fused-ring (bicyclic) bond motifs is 1. The largest absolute Gasteiger partial charge is 0.388 e. The molecule has 3 aromatic rings. The topological polar surface area (TPSA) is 95.0 Å². The Bertz CT molecular complexity index is 1180. The molecule has 3 heterocycles. The third-order valence-electron chi connectivity index (χ3n) is 5.61. The van der Waals surface area contributed by atoms with Gasteiger partial charge in [0.25, 0.3) is 0 Å². The molecule has 1 N–H and O–H groups in total. The molecule has 1 aromatic carbocycles. The summed E-state index contributed by atoms with van der Waals surface area (Å²) in [4.78, 5) is 18.4. The van der Waals surface area contributed by atoms with Gasteiger partial charge in [0.05, 0.1) is 42.1 Å². The Morgan fingerprint density at radius 3 is 2.68 bits per heavy atom. The maximum atomic E-state index is 12.7. The summed E-state index contributed by atoms with van der Waals surface area (Å²) in [6.07, 6.45) is 4.70. The second-order valence-electron chi connectivity index (χ2n) is 8.12. The number of hydrogen-bond acceptors (Lipinski definition) is 5. The van der Waals surface area contributed by atoms with Crippen LogP contribution in [0.5, 0.6) is 0 Å². The standard InChI is InChI=1S/C24H23N5O2/c1-4-21(30)28-14-19-22(17-8-10-26-11-9-17)23(18-7-5-6-16(12-18)13-25)27-29(19)15-20(28)24(2,3)31/h4-12,20,31H,1,14-15H2,2-3H3. The summed E-state index contributed by atoms with van der Waals surface area (Å²) in [6.45, 7) is 7.63. The maximum absolute atomic E-state index is 12.7. The molecule has 0 aliphatic carbocycles. The predicted molar refractivity (Wildman–Crippen MR) is 116 cm³/mol. The van der Waals surface area contributed by atoms with Crippen molar-refractivity contribution in [3.63, 3.8) is 0 Å². The van der Waals surface area contributed by atoms with Crippen LogP contribution in [0.1, 0.15) is 25.1 Å². The molecule has 1 aliphatic heterocycles. The minimum absolute atomic E-state index is 0.242. The van der Waals surface area contributed by atoms with Crippen LogP contribution in [0.3, 0.4) is 0 Å². The van der Waals surface area contributed by atoms with Crippen LogP contribution in [-0.4, -0.2) is 42.3 Å². The van der Waals surface area contributed by atoms with Crippen molar-refractivity contribution < 1.29 is 9.90 Å². The molecule has 1 aliphatic rings. The molecule has 0 bridgehead atoms. The van der Waals surface area contributed by atoms with Crippen LogP contribution < -0.4 is 0 Å². The van der Waals surface area contributed by atoms with E-state index in [1.807, 2.05) is 28.9 Å². The molecule has 1 unspecified atom stereocenters. The highest BCUT2D eigenvalue weighted by atomic mass is 16.3. The highest BCUT2D eigenvalue weighted by molar-refractivity contribution is 5.88. The van der Waals surface area contributed by atoms with Crippen LogP contribution in [0, 0.1) is 11.3 Å². The Labute approximate surface area is 180 Å². The fraction of sp³-hybridized carbons (Fsp3) is 0.250. The lowest BCUT2D eigenvalue weighted by molar-refractivity contribution is -0.137. The Morgan fingerprint density at radius 2 is 2.03 bits per heavy atom. The van der Waals surface area contributed by atoms with Gasteiger partial charge in [-0.25, -0.2) is 0 Å². The van der Waals surface area contributed by atoms with E-state index in [4.69, 9.17) is 5.10 Å². The van der Waals surface area contributed by atoms with Crippen LogP contribution in [-0.2, 0) is 17.9 Å². The number of carbonyl (C=O) groups excluding carboxylic acids is 1. The number of aliphatic hydroxyl groups is 1. The average Bonchev–Trinajstić information content (AvgIpc) is 3.16. The fourth-order valence-electron chi connectivity index (χ4n) is 4.06. The van der Waals surface area contributed by atoms with Gasteiger partial charge >= 0.3 is 0 Å². The molecule has 4 rings (SSSR count). The number of carbonyl (C=O) groups is 1. The predicted octanol–water partition coefficient (Wildman–Crippen LogP) is 3.15. The van der Waals surface area contributed by atoms with E-state index in [1.54, 1.807) is 43.3 Å². The Kier molecular flexibility index (Phi) is 5.17. The lowest BCUT2D eigenvalue weighted by Crippen LogP contribution is -2.56. The number of hydrogen-bond donors (Lipinski definition) is 1. The van der Waals surface area contributed by atoms with E-state index in [1.165, 1.54) is 6.08 Å². The van der Waals surface area contributed by atoms with Crippen molar-refractivity contribution in [3.8, 4) is 28.5 Å². The van der Waals surface area contributed by atoms with Gasteiger partial charge in [0, 0.05) is 23.5 Å². The van der Waals surface area contributed by atoms with E-state index in [0.29, 0.717) is 12.1 Å². The second-order valence-corrected chi connectivity index (χ2v) is 8.12. The van der Waals surface area contributed by atoms with E-state index in [0.717, 1.165) is 28.1 Å². The van der Waals surface area contributed by atoms with Crippen molar-refractivity contribution in [3.05, 3.63) is 72.7 Å². The number of rotatable bonds is 4. The molecule has 7 nitrogen and oxygen atoms in total. The zero-order valence-corrected chi connectivity index (χ0v) is 17.5. The molecule has 1 atom stereocenters. The van der Waals surface area contributed by atoms with Crippen LogP contribution in [0.2, 0.25) is 0 Å². The van der Waals surface area contributed by atoms with E-state index < -0.39 is 11.6 Å². The molecule has 1 amide bonds. The van der Waals surface area contributed by atoms with Gasteiger partial charge in [-0.1, -0.05) is 18.7 Å². The van der Waals surface area contributed by atoms with Crippen molar-refractivity contribution in [1.29, 1.82) is 5.26 Å². The highest BCUT2D eigenvalue weighted by Crippen LogP contribution is 2.38. The molecule has 31 heavy (non-hydrogen) atoms. The normalized spacial score (nSPS) is 15.8. The first-order valence-electron chi connectivity index (χ1n) is 9.99. The maximum Gasteiger partial charge on any atom is 0.246 e. The quantitative estimate of drug-likeness (QED) is 0.663. The number of pyridine rings is 1. The second kappa shape index (κ2) is 7.82. The Balaban J connectivity index is 1.94. The van der Waals surface area contributed by atoms with Gasteiger partial charge in [-0.15, -0.1) is 0 Å². The smallest absolute Gasteiger partial charge is 0.246 e. The zero-order chi connectivity index (χ0) is 22.2. The Morgan fingerprint density at radius 1 is 1.29 bits per heavy atom. The van der Waals surface area contributed by atoms with E-state index in [2.05, 4.69) is 17.6 Å². The van der Waals surface area contributed by atoms with Gasteiger partial charge in [-0.3, -0.25) is 14.5 Å². The number of benzene rings is 1. The summed E-state index contributed by atoms with van der Waals surface area (Å²) in [5.74, 6) is -0.242. The minimum Gasteiger partial charge on any atom is -0.388 e. The highest BCUT2D eigenvalue weighted by Gasteiger charge is 2.40. The van der Waals surface area contributed by atoms with Gasteiger partial charge in [-0.2, -0.15) is 10.4 Å². The first-order valence-corrected chi connectivity index (χ1v) is 9.99. The van der Waals surface area contributed by atoms with Gasteiger partial charge in [0.15, 0.2) is 0 Å². The number of nitrogens with zero attached hydrogens (tertiary/aromatic N) is 5. The molecular weight excluding hydrogens is 390 g/mol. The van der Waals surface area contributed by atoms with Crippen LogP contribution in [0.25, 0.3) is 22.4 Å². The molecule has 2 aromatic heterocycles. The van der Waals surface area contributed by atoms with Gasteiger partial charge in [0.1, 0.15) is 5.69 Å². The minimum atomic E-state index is -1.12. The summed E-state index contributed by atoms with van der Waals surface area (Å²) in [6, 6.07) is 12.8. The number of amides is 1. The lowest BCUT2D eigenvalue weighted by atomic mass is 9.93. The monoisotopic (exact) mass is 413 g/mol. The fourth-order valence-corrected chi connectivity index (χ4v) is 4.06. The summed E-state index contributed by atoms with van der Waals surface area (Å²) in [5, 5.41) is 25.0. The van der Waals surface area contributed by atoms with Crippen molar-refractivity contribution in [2.45, 2.75) is 38.6 Å². The van der Waals surface area contributed by atoms with Crippen molar-refractivity contribution in [2.75, 3.05) is 0 Å². The van der Waals surface area contributed by atoms with Gasteiger partial charge < -0.3 is 10.0 Å². The van der Waals surface area contributed by atoms with Crippen molar-refractivity contribution in [2.24, 2.45) is 0 Å². The molecule has 0 saturated carbocycles. The molecule has 0 spiro atoms. The molecule has 0 fully saturated rings. The molecule has 7 heteroatoms. The van der Waals surface area contributed by atoms with E-state index in [-0.39, 0.29) is 12.5 Å². The molecule has 0 saturated heterocycles. The van der Waals surface area contributed by atoms with E-state index >= 15 is 0 Å². The zero-order valence-electron chi connectivity index (χ0n) is 17.5. The lowest BCUT2D eigenvalue weighted by Gasteiger charge is -2.42. The third-order valence-corrected chi connectivity index (χ3v) is 5.61. The summed E-state index contributed by atoms with van der Waals surface area (Å²) in [7, 11) is 0. The van der Waals surface area contributed by atoms with E-state index in [9.17, 15) is 15.2 Å². The van der Waals surface area contributed by atoms with Gasteiger partial charge in [-0.05, 0) is 49.8 Å². The number of nitriles is 1. The van der Waals surface area contributed by atoms with Gasteiger partial charge in [0.2, 0.25) is 5.91 Å². The van der Waals surface area contributed by atoms with Crippen molar-refractivity contribution in [1.82, 2.24) is 19.7 Å². The Hall–Kier alpha value is -3.76. The third kappa shape index (κ3) is 3.74.